The van der Waals surface area contributed by atoms with E-state index in [-0.39, 0.29) is 17.5 Å². The third-order valence-electron chi connectivity index (χ3n) is 2.60. The van der Waals surface area contributed by atoms with Crippen LogP contribution in [0.4, 0.5) is 0 Å². The normalized spacial score (nSPS) is 39.6. The van der Waals surface area contributed by atoms with Crippen molar-refractivity contribution in [3.05, 3.63) is 0 Å². The van der Waals surface area contributed by atoms with Gasteiger partial charge < -0.3 is 14.8 Å². The lowest BCUT2D eigenvalue weighted by Gasteiger charge is -2.23. The van der Waals surface area contributed by atoms with Crippen molar-refractivity contribution in [2.75, 3.05) is 26.8 Å². The summed E-state index contributed by atoms with van der Waals surface area (Å²) in [5.74, 6) is -0.172. The summed E-state index contributed by atoms with van der Waals surface area (Å²) in [7, 11) is 1.42. The molecule has 0 bridgehead atoms. The lowest BCUT2D eigenvalue weighted by Crippen LogP contribution is -2.42. The molecular weight excluding hydrogens is 158 g/mol. The molecule has 68 valence electrons. The predicted molar refractivity (Wildman–Crippen MR) is 41.7 cm³/mol. The van der Waals surface area contributed by atoms with E-state index in [1.807, 2.05) is 0 Å². The molecule has 2 rings (SSSR count). The Morgan fingerprint density at radius 1 is 1.75 bits per heavy atom. The molecule has 1 N–H and O–H groups in total. The summed E-state index contributed by atoms with van der Waals surface area (Å²) in [5.41, 5.74) is -0.217. The van der Waals surface area contributed by atoms with E-state index in [1.54, 1.807) is 0 Å². The Hall–Kier alpha value is -0.610. The first-order chi connectivity index (χ1) is 5.78. The molecule has 0 aromatic heterocycles. The molecule has 0 aromatic carbocycles. The Morgan fingerprint density at radius 2 is 2.58 bits per heavy atom. The van der Waals surface area contributed by atoms with Crippen LogP contribution in [0.2, 0.25) is 0 Å². The van der Waals surface area contributed by atoms with E-state index in [9.17, 15) is 4.79 Å². The quantitative estimate of drug-likeness (QED) is 0.542. The van der Waals surface area contributed by atoms with E-state index >= 15 is 0 Å². The van der Waals surface area contributed by atoms with Crippen LogP contribution in [0.3, 0.4) is 0 Å². The van der Waals surface area contributed by atoms with E-state index in [0.717, 1.165) is 19.5 Å². The standard InChI is InChI=1S/C8H13NO3/c1-11-7(10)6-4-8(6)5-9-2-3-12-8/h6,9H,2-5H2,1H3. The molecule has 2 aliphatic rings. The number of methoxy groups -OCH3 is 1. The molecule has 1 spiro atoms. The molecule has 1 saturated heterocycles. The average molecular weight is 171 g/mol. The highest BCUT2D eigenvalue weighted by Gasteiger charge is 2.61. The summed E-state index contributed by atoms with van der Waals surface area (Å²) in [6.45, 7) is 2.37. The van der Waals surface area contributed by atoms with E-state index < -0.39 is 0 Å². The summed E-state index contributed by atoms with van der Waals surface area (Å²) in [5, 5.41) is 3.21. The maximum atomic E-state index is 11.1. The minimum Gasteiger partial charge on any atom is -0.469 e. The van der Waals surface area contributed by atoms with E-state index in [1.165, 1.54) is 7.11 Å². The van der Waals surface area contributed by atoms with Crippen LogP contribution < -0.4 is 5.32 Å². The van der Waals surface area contributed by atoms with Gasteiger partial charge in [0.15, 0.2) is 0 Å². The van der Waals surface area contributed by atoms with Crippen LogP contribution in [-0.2, 0) is 14.3 Å². The van der Waals surface area contributed by atoms with E-state index in [2.05, 4.69) is 10.1 Å². The van der Waals surface area contributed by atoms with Crippen LogP contribution in [0.25, 0.3) is 0 Å². The molecule has 2 unspecified atom stereocenters. The van der Waals surface area contributed by atoms with E-state index in [0.29, 0.717) is 6.61 Å². The smallest absolute Gasteiger partial charge is 0.311 e. The van der Waals surface area contributed by atoms with Gasteiger partial charge in [-0.05, 0) is 6.42 Å². The Balaban J connectivity index is 1.95. The molecule has 4 heteroatoms. The van der Waals surface area contributed by atoms with Gasteiger partial charge in [0.1, 0.15) is 0 Å². The maximum absolute atomic E-state index is 11.1. The average Bonchev–Trinajstić information content (AvgIpc) is 2.80. The number of ether oxygens (including phenoxy) is 2. The second-order valence-electron chi connectivity index (χ2n) is 3.37. The first-order valence-corrected chi connectivity index (χ1v) is 4.21. The van der Waals surface area contributed by atoms with Gasteiger partial charge >= 0.3 is 5.97 Å². The lowest BCUT2D eigenvalue weighted by molar-refractivity contribution is -0.145. The fraction of sp³-hybridized carbons (Fsp3) is 0.875. The molecule has 12 heavy (non-hydrogen) atoms. The van der Waals surface area contributed by atoms with Gasteiger partial charge in [0.2, 0.25) is 0 Å². The SMILES string of the molecule is COC(=O)C1CC12CNCCO2. The van der Waals surface area contributed by atoms with Gasteiger partial charge in [-0.2, -0.15) is 0 Å². The molecule has 1 saturated carbocycles. The Bertz CT molecular complexity index is 198. The van der Waals surface area contributed by atoms with Crippen LogP contribution >= 0.6 is 0 Å². The molecular formula is C8H13NO3. The van der Waals surface area contributed by atoms with Crippen molar-refractivity contribution < 1.29 is 14.3 Å². The number of morpholine rings is 1. The van der Waals surface area contributed by atoms with Crippen molar-refractivity contribution in [3.8, 4) is 0 Å². The molecule has 0 radical (unpaired) electrons. The lowest BCUT2D eigenvalue weighted by atomic mass is 10.2. The van der Waals surface area contributed by atoms with Crippen LogP contribution in [0.5, 0.6) is 0 Å². The number of nitrogens with one attached hydrogen (secondary N) is 1. The van der Waals surface area contributed by atoms with Crippen LogP contribution in [0.15, 0.2) is 0 Å². The largest absolute Gasteiger partial charge is 0.469 e. The topological polar surface area (TPSA) is 47.6 Å². The fourth-order valence-electron chi connectivity index (χ4n) is 1.76. The monoisotopic (exact) mass is 171 g/mol. The van der Waals surface area contributed by atoms with Gasteiger partial charge in [-0.1, -0.05) is 0 Å². The number of carbonyl (C=O) groups is 1. The molecule has 0 aromatic rings. The van der Waals surface area contributed by atoms with Crippen molar-refractivity contribution in [2.45, 2.75) is 12.0 Å². The number of hydrogen-bond acceptors (Lipinski definition) is 4. The van der Waals surface area contributed by atoms with E-state index in [4.69, 9.17) is 4.74 Å². The number of rotatable bonds is 1. The van der Waals surface area contributed by atoms with Crippen molar-refractivity contribution in [2.24, 2.45) is 5.92 Å². The van der Waals surface area contributed by atoms with Gasteiger partial charge in [-0.3, -0.25) is 4.79 Å². The number of esters is 1. The van der Waals surface area contributed by atoms with Crippen LogP contribution in [0.1, 0.15) is 6.42 Å². The molecule has 1 aliphatic carbocycles. The maximum Gasteiger partial charge on any atom is 0.311 e. The van der Waals surface area contributed by atoms with Crippen molar-refractivity contribution in [1.82, 2.24) is 5.32 Å². The minimum absolute atomic E-state index is 0.0321. The van der Waals surface area contributed by atoms with Crippen molar-refractivity contribution in [1.29, 1.82) is 0 Å². The summed E-state index contributed by atoms with van der Waals surface area (Å²) in [6, 6.07) is 0. The highest BCUT2D eigenvalue weighted by atomic mass is 16.5. The minimum atomic E-state index is -0.217. The molecule has 2 atom stereocenters. The third kappa shape index (κ3) is 1.11. The van der Waals surface area contributed by atoms with Gasteiger partial charge in [-0.25, -0.2) is 0 Å². The molecule has 1 heterocycles. The summed E-state index contributed by atoms with van der Waals surface area (Å²) in [6.07, 6.45) is 0.812. The Kier molecular flexibility index (Phi) is 1.81. The molecule has 4 nitrogen and oxygen atoms in total. The number of carbonyl (C=O) groups excluding carboxylic acids is 1. The second-order valence-corrected chi connectivity index (χ2v) is 3.37. The summed E-state index contributed by atoms with van der Waals surface area (Å²) >= 11 is 0. The zero-order valence-electron chi connectivity index (χ0n) is 7.13. The molecule has 2 fully saturated rings. The van der Waals surface area contributed by atoms with Gasteiger partial charge in [0.25, 0.3) is 0 Å². The van der Waals surface area contributed by atoms with Crippen LogP contribution in [0, 0.1) is 5.92 Å². The van der Waals surface area contributed by atoms with Gasteiger partial charge in [0, 0.05) is 13.1 Å². The highest BCUT2D eigenvalue weighted by Crippen LogP contribution is 2.47. The van der Waals surface area contributed by atoms with Gasteiger partial charge in [0.05, 0.1) is 25.2 Å². The molecule has 1 aliphatic heterocycles. The summed E-state index contributed by atoms with van der Waals surface area (Å²) in [4.78, 5) is 11.1. The Labute approximate surface area is 71.2 Å². The predicted octanol–water partition coefficient (Wildman–Crippen LogP) is -0.462. The highest BCUT2D eigenvalue weighted by molar-refractivity contribution is 5.77. The van der Waals surface area contributed by atoms with Crippen molar-refractivity contribution >= 4 is 5.97 Å². The first kappa shape index (κ1) is 8.01. The van der Waals surface area contributed by atoms with Crippen LogP contribution in [-0.4, -0.2) is 38.4 Å². The fourth-order valence-corrected chi connectivity index (χ4v) is 1.76. The molecule has 0 amide bonds. The van der Waals surface area contributed by atoms with Crippen molar-refractivity contribution in [3.63, 3.8) is 0 Å². The summed E-state index contributed by atoms with van der Waals surface area (Å²) < 4.78 is 10.2. The first-order valence-electron chi connectivity index (χ1n) is 4.21. The Morgan fingerprint density at radius 3 is 3.17 bits per heavy atom. The third-order valence-corrected chi connectivity index (χ3v) is 2.60. The zero-order chi connectivity index (χ0) is 8.60. The second kappa shape index (κ2) is 2.71. The van der Waals surface area contributed by atoms with Gasteiger partial charge in [-0.15, -0.1) is 0 Å². The zero-order valence-corrected chi connectivity index (χ0v) is 7.13. The number of hydrogen-bond donors (Lipinski definition) is 1.